The summed E-state index contributed by atoms with van der Waals surface area (Å²) in [5, 5.41) is 2.05. The van der Waals surface area contributed by atoms with Crippen LogP contribution in [0.25, 0.3) is 0 Å². The van der Waals surface area contributed by atoms with Gasteiger partial charge in [0, 0.05) is 12.4 Å². The molecule has 0 radical (unpaired) electrons. The van der Waals surface area contributed by atoms with Gasteiger partial charge in [0.05, 0.1) is 23.2 Å². The first-order valence-electron chi connectivity index (χ1n) is 7.77. The highest BCUT2D eigenvalue weighted by molar-refractivity contribution is 7.07. The fraction of sp³-hybridized carbons (Fsp3) is 0.750. The lowest BCUT2D eigenvalue weighted by atomic mass is 9.49. The minimum atomic E-state index is -0.0144. The number of aromatic nitrogens is 1. The Morgan fingerprint density at radius 1 is 1.30 bits per heavy atom. The predicted octanol–water partition coefficient (Wildman–Crippen LogP) is 3.32. The number of thiazole rings is 1. The highest BCUT2D eigenvalue weighted by Gasteiger charge is 2.55. The van der Waals surface area contributed by atoms with E-state index in [0.29, 0.717) is 12.5 Å². The van der Waals surface area contributed by atoms with Gasteiger partial charge in [-0.3, -0.25) is 4.79 Å². The Kier molecular flexibility index (Phi) is 2.92. The molecule has 0 atom stereocenters. The lowest BCUT2D eigenvalue weighted by molar-refractivity contribution is -0.156. The van der Waals surface area contributed by atoms with Crippen molar-refractivity contribution in [3.05, 3.63) is 16.6 Å². The van der Waals surface area contributed by atoms with Crippen LogP contribution < -0.4 is 0 Å². The fourth-order valence-electron chi connectivity index (χ4n) is 5.41. The van der Waals surface area contributed by atoms with E-state index in [9.17, 15) is 4.79 Å². The summed E-state index contributed by atoms with van der Waals surface area (Å²) < 4.78 is 0. The lowest BCUT2D eigenvalue weighted by Gasteiger charge is -2.56. The van der Waals surface area contributed by atoms with Gasteiger partial charge in [0.2, 0.25) is 5.91 Å². The molecule has 0 spiro atoms. The van der Waals surface area contributed by atoms with Crippen LogP contribution >= 0.6 is 11.3 Å². The van der Waals surface area contributed by atoms with E-state index < -0.39 is 0 Å². The molecule has 4 aliphatic carbocycles. The van der Waals surface area contributed by atoms with Crippen molar-refractivity contribution >= 4 is 17.2 Å². The zero-order valence-corrected chi connectivity index (χ0v) is 12.9. The lowest BCUT2D eigenvalue weighted by Crippen LogP contribution is -2.53. The van der Waals surface area contributed by atoms with Gasteiger partial charge in [-0.25, -0.2) is 4.98 Å². The van der Waals surface area contributed by atoms with Crippen molar-refractivity contribution in [2.45, 2.75) is 45.1 Å². The number of carbonyl (C=O) groups excluding carboxylic acids is 1. The highest BCUT2D eigenvalue weighted by atomic mass is 32.1. The molecule has 4 saturated carbocycles. The molecule has 3 nitrogen and oxygen atoms in total. The molecule has 4 bridgehead atoms. The van der Waals surface area contributed by atoms with Gasteiger partial charge in [-0.2, -0.15) is 0 Å². The molecule has 4 aliphatic rings. The van der Waals surface area contributed by atoms with Gasteiger partial charge in [0.15, 0.2) is 0 Å². The Morgan fingerprint density at radius 3 is 2.40 bits per heavy atom. The van der Waals surface area contributed by atoms with Crippen molar-refractivity contribution in [2.75, 3.05) is 7.05 Å². The second kappa shape index (κ2) is 4.55. The molecule has 0 saturated heterocycles. The zero-order chi connectivity index (χ0) is 13.7. The minimum Gasteiger partial charge on any atom is -0.339 e. The van der Waals surface area contributed by atoms with E-state index in [-0.39, 0.29) is 5.41 Å². The van der Waals surface area contributed by atoms with Crippen molar-refractivity contribution in [3.8, 4) is 0 Å². The number of amides is 1. The summed E-state index contributed by atoms with van der Waals surface area (Å²) in [6.45, 7) is 0.671. The second-order valence-electron chi connectivity index (χ2n) is 7.34. The van der Waals surface area contributed by atoms with Crippen LogP contribution in [-0.4, -0.2) is 22.8 Å². The summed E-state index contributed by atoms with van der Waals surface area (Å²) >= 11 is 1.60. The molecule has 5 rings (SSSR count). The van der Waals surface area contributed by atoms with Crippen molar-refractivity contribution in [1.29, 1.82) is 0 Å². The largest absolute Gasteiger partial charge is 0.339 e. The van der Waals surface area contributed by atoms with Gasteiger partial charge < -0.3 is 4.90 Å². The molecule has 0 aliphatic heterocycles. The summed E-state index contributed by atoms with van der Waals surface area (Å²) in [4.78, 5) is 19.3. The van der Waals surface area contributed by atoms with E-state index in [1.54, 1.807) is 11.3 Å². The Balaban J connectivity index is 1.53. The first-order chi connectivity index (χ1) is 9.64. The van der Waals surface area contributed by atoms with Crippen molar-refractivity contribution in [3.63, 3.8) is 0 Å². The molecule has 1 aromatic heterocycles. The first kappa shape index (κ1) is 12.8. The van der Waals surface area contributed by atoms with Crippen LogP contribution in [0.3, 0.4) is 0 Å². The summed E-state index contributed by atoms with van der Waals surface area (Å²) in [5.41, 5.74) is 2.85. The van der Waals surface area contributed by atoms with E-state index in [2.05, 4.69) is 4.98 Å². The third-order valence-electron chi connectivity index (χ3n) is 5.72. The minimum absolute atomic E-state index is 0.0144. The third kappa shape index (κ3) is 2.00. The molecular weight excluding hydrogens is 268 g/mol. The van der Waals surface area contributed by atoms with Crippen molar-refractivity contribution in [1.82, 2.24) is 9.88 Å². The zero-order valence-electron chi connectivity index (χ0n) is 12.0. The molecule has 0 aromatic carbocycles. The second-order valence-corrected chi connectivity index (χ2v) is 8.06. The smallest absolute Gasteiger partial charge is 0.228 e. The molecule has 4 fully saturated rings. The Labute approximate surface area is 124 Å². The van der Waals surface area contributed by atoms with Crippen molar-refractivity contribution in [2.24, 2.45) is 23.2 Å². The standard InChI is InChI=1S/C16H22N2OS/c1-18(8-14-9-20-10-17-14)15(19)16-5-11-2-12(6-16)4-13(3-11)7-16/h9-13H,2-8H2,1H3. The first-order valence-corrected chi connectivity index (χ1v) is 8.71. The third-order valence-corrected chi connectivity index (χ3v) is 6.36. The molecule has 1 aromatic rings. The summed E-state index contributed by atoms with van der Waals surface area (Å²) in [6.07, 6.45) is 7.63. The molecule has 0 unspecified atom stereocenters. The average Bonchev–Trinajstić information content (AvgIpc) is 2.89. The van der Waals surface area contributed by atoms with E-state index in [1.165, 1.54) is 19.3 Å². The Morgan fingerprint density at radius 2 is 1.90 bits per heavy atom. The quantitative estimate of drug-likeness (QED) is 0.855. The molecule has 1 amide bonds. The van der Waals surface area contributed by atoms with E-state index in [4.69, 9.17) is 0 Å². The maximum Gasteiger partial charge on any atom is 0.228 e. The van der Waals surface area contributed by atoms with Crippen LogP contribution in [0.2, 0.25) is 0 Å². The van der Waals surface area contributed by atoms with Crippen LogP contribution in [0.5, 0.6) is 0 Å². The Bertz CT molecular complexity index is 475. The van der Waals surface area contributed by atoms with Crippen LogP contribution in [0.1, 0.15) is 44.2 Å². The summed E-state index contributed by atoms with van der Waals surface area (Å²) in [5.74, 6) is 2.89. The number of nitrogens with zero attached hydrogens (tertiary/aromatic N) is 2. The summed E-state index contributed by atoms with van der Waals surface area (Å²) in [7, 11) is 1.96. The summed E-state index contributed by atoms with van der Waals surface area (Å²) in [6, 6.07) is 0. The number of carbonyl (C=O) groups is 1. The molecular formula is C16H22N2OS. The van der Waals surface area contributed by atoms with E-state index in [0.717, 1.165) is 42.7 Å². The SMILES string of the molecule is CN(Cc1cscn1)C(=O)C12CC3CC(CC(C3)C1)C2. The molecule has 1 heterocycles. The molecule has 0 N–H and O–H groups in total. The van der Waals surface area contributed by atoms with Crippen molar-refractivity contribution < 1.29 is 4.79 Å². The fourth-order valence-corrected chi connectivity index (χ4v) is 5.96. The van der Waals surface area contributed by atoms with E-state index in [1.807, 2.05) is 22.8 Å². The topological polar surface area (TPSA) is 33.2 Å². The molecule has 108 valence electrons. The maximum atomic E-state index is 13.0. The van der Waals surface area contributed by atoms with Gasteiger partial charge in [-0.1, -0.05) is 0 Å². The molecule has 20 heavy (non-hydrogen) atoms. The highest BCUT2D eigenvalue weighted by Crippen LogP contribution is 2.60. The van der Waals surface area contributed by atoms with Gasteiger partial charge in [0.25, 0.3) is 0 Å². The van der Waals surface area contributed by atoms with Gasteiger partial charge in [-0.05, 0) is 56.3 Å². The normalized spacial score (nSPS) is 38.1. The number of hydrogen-bond donors (Lipinski definition) is 0. The number of rotatable bonds is 3. The van der Waals surface area contributed by atoms with Gasteiger partial charge >= 0.3 is 0 Å². The van der Waals surface area contributed by atoms with Gasteiger partial charge in [0.1, 0.15) is 0 Å². The number of hydrogen-bond acceptors (Lipinski definition) is 3. The Hall–Kier alpha value is -0.900. The average molecular weight is 290 g/mol. The van der Waals surface area contributed by atoms with Crippen LogP contribution in [0.15, 0.2) is 10.9 Å². The van der Waals surface area contributed by atoms with Crippen LogP contribution in [-0.2, 0) is 11.3 Å². The maximum absolute atomic E-state index is 13.0. The monoisotopic (exact) mass is 290 g/mol. The predicted molar refractivity (Wildman–Crippen MR) is 79.2 cm³/mol. The van der Waals surface area contributed by atoms with Crippen LogP contribution in [0, 0.1) is 23.2 Å². The molecule has 4 heteroatoms. The van der Waals surface area contributed by atoms with E-state index >= 15 is 0 Å². The van der Waals surface area contributed by atoms with Crippen LogP contribution in [0.4, 0.5) is 0 Å². The van der Waals surface area contributed by atoms with Gasteiger partial charge in [-0.15, -0.1) is 11.3 Å².